The van der Waals surface area contributed by atoms with Gasteiger partial charge in [0.2, 0.25) is 5.28 Å². The van der Waals surface area contributed by atoms with Gasteiger partial charge in [-0.2, -0.15) is 0 Å². The van der Waals surface area contributed by atoms with E-state index >= 15 is 0 Å². The molecule has 1 aliphatic heterocycles. The van der Waals surface area contributed by atoms with Crippen LogP contribution >= 0.6 is 11.6 Å². The number of amides is 1. The van der Waals surface area contributed by atoms with Gasteiger partial charge in [-0.1, -0.05) is 0 Å². The molecule has 0 unspecified atom stereocenters. The van der Waals surface area contributed by atoms with Crippen molar-refractivity contribution in [2.45, 2.75) is 43.1 Å². The predicted molar refractivity (Wildman–Crippen MR) is 79.7 cm³/mol. The van der Waals surface area contributed by atoms with Crippen LogP contribution in [-0.2, 0) is 15.5 Å². The summed E-state index contributed by atoms with van der Waals surface area (Å²) < 4.78 is 17.8. The smallest absolute Gasteiger partial charge is 0.410 e. The third-order valence-corrected chi connectivity index (χ3v) is 4.72. The highest BCUT2D eigenvalue weighted by Gasteiger charge is 2.33. The van der Waals surface area contributed by atoms with Crippen LogP contribution in [0.5, 0.6) is 0 Å². The molecule has 1 saturated heterocycles. The Morgan fingerprint density at radius 1 is 1.52 bits per heavy atom. The number of rotatable bonds is 2. The Bertz CT molecular complexity index is 562. The molecule has 1 aliphatic rings. The average Bonchev–Trinajstić information content (AvgIpc) is 2.85. The molecule has 0 radical (unpaired) electrons. The first kappa shape index (κ1) is 16.2. The van der Waals surface area contributed by atoms with Gasteiger partial charge in [-0.15, -0.1) is 0 Å². The minimum Gasteiger partial charge on any atom is -0.444 e. The first-order chi connectivity index (χ1) is 9.76. The molecule has 2 rings (SSSR count). The standard InChI is InChI=1S/C13H18ClN3O3S/c1-13(2,3)20-12(18)17-7-5-9(8-17)21(19)10-4-6-15-11(14)16-10/h4,6,9H,5,7-8H2,1-3H3/t9-,21-/m0/s1. The second-order valence-corrected chi connectivity index (χ2v) is 7.82. The van der Waals surface area contributed by atoms with Crippen LogP contribution in [0.3, 0.4) is 0 Å². The van der Waals surface area contributed by atoms with Crippen molar-refractivity contribution < 1.29 is 13.7 Å². The number of likely N-dealkylation sites (tertiary alicyclic amines) is 1. The van der Waals surface area contributed by atoms with Crippen molar-refractivity contribution in [1.82, 2.24) is 14.9 Å². The van der Waals surface area contributed by atoms with Gasteiger partial charge in [0, 0.05) is 19.3 Å². The van der Waals surface area contributed by atoms with Gasteiger partial charge in [0.15, 0.2) is 0 Å². The highest BCUT2D eigenvalue weighted by molar-refractivity contribution is 7.85. The summed E-state index contributed by atoms with van der Waals surface area (Å²) in [5.41, 5.74) is -0.533. The van der Waals surface area contributed by atoms with Crippen molar-refractivity contribution in [3.63, 3.8) is 0 Å². The Morgan fingerprint density at radius 2 is 2.24 bits per heavy atom. The van der Waals surface area contributed by atoms with Gasteiger partial charge in [-0.25, -0.2) is 14.8 Å². The maximum atomic E-state index is 12.4. The molecule has 0 aromatic carbocycles. The lowest BCUT2D eigenvalue weighted by molar-refractivity contribution is 0.0295. The first-order valence-electron chi connectivity index (χ1n) is 6.63. The van der Waals surface area contributed by atoms with E-state index in [1.54, 1.807) is 11.0 Å². The molecular formula is C13H18ClN3O3S. The number of nitrogens with zero attached hydrogens (tertiary/aromatic N) is 3. The van der Waals surface area contributed by atoms with E-state index in [0.29, 0.717) is 24.5 Å². The SMILES string of the molecule is CC(C)(C)OC(=O)N1CC[C@H]([S@](=O)c2ccnc(Cl)n2)C1. The number of hydrogen-bond donors (Lipinski definition) is 0. The Hall–Kier alpha value is -1.21. The van der Waals surface area contributed by atoms with Crippen molar-refractivity contribution in [3.05, 3.63) is 17.5 Å². The Balaban J connectivity index is 1.99. The third-order valence-electron chi connectivity index (χ3n) is 2.91. The molecule has 0 spiro atoms. The van der Waals surface area contributed by atoms with Crippen molar-refractivity contribution in [1.29, 1.82) is 0 Å². The molecule has 1 amide bonds. The maximum absolute atomic E-state index is 12.4. The zero-order valence-corrected chi connectivity index (χ0v) is 13.8. The highest BCUT2D eigenvalue weighted by Crippen LogP contribution is 2.21. The number of halogens is 1. The molecule has 21 heavy (non-hydrogen) atoms. The van der Waals surface area contributed by atoms with Crippen LogP contribution in [0, 0.1) is 0 Å². The summed E-state index contributed by atoms with van der Waals surface area (Å²) in [6.45, 7) is 6.38. The number of hydrogen-bond acceptors (Lipinski definition) is 5. The molecule has 116 valence electrons. The van der Waals surface area contributed by atoms with Crippen LogP contribution in [0.25, 0.3) is 0 Å². The number of carbonyl (C=O) groups excluding carboxylic acids is 1. The van der Waals surface area contributed by atoms with Gasteiger partial charge >= 0.3 is 6.09 Å². The van der Waals surface area contributed by atoms with Crippen molar-refractivity contribution in [3.8, 4) is 0 Å². The molecule has 1 aromatic heterocycles. The molecule has 2 heterocycles. The van der Waals surface area contributed by atoms with E-state index < -0.39 is 16.4 Å². The molecule has 2 atom stereocenters. The van der Waals surface area contributed by atoms with E-state index in [2.05, 4.69) is 9.97 Å². The van der Waals surface area contributed by atoms with Crippen molar-refractivity contribution in [2.75, 3.05) is 13.1 Å². The van der Waals surface area contributed by atoms with E-state index in [0.717, 1.165) is 0 Å². The number of carbonyl (C=O) groups is 1. The van der Waals surface area contributed by atoms with Gasteiger partial charge in [-0.05, 0) is 44.9 Å². The second kappa shape index (κ2) is 6.27. The minimum atomic E-state index is -1.31. The van der Waals surface area contributed by atoms with E-state index in [9.17, 15) is 9.00 Å². The van der Waals surface area contributed by atoms with Gasteiger partial charge in [0.1, 0.15) is 10.6 Å². The molecule has 8 heteroatoms. The summed E-state index contributed by atoms with van der Waals surface area (Å²) >= 11 is 5.71. The molecule has 1 aromatic rings. The second-order valence-electron chi connectivity index (χ2n) is 5.80. The Morgan fingerprint density at radius 3 is 2.86 bits per heavy atom. The van der Waals surface area contributed by atoms with Crippen LogP contribution < -0.4 is 0 Å². The van der Waals surface area contributed by atoms with Gasteiger partial charge in [0.05, 0.1) is 16.0 Å². The van der Waals surface area contributed by atoms with E-state index in [4.69, 9.17) is 16.3 Å². The van der Waals surface area contributed by atoms with E-state index in [-0.39, 0.29) is 16.6 Å². The summed E-state index contributed by atoms with van der Waals surface area (Å²) in [6, 6.07) is 1.58. The summed E-state index contributed by atoms with van der Waals surface area (Å²) in [6.07, 6.45) is 1.75. The minimum absolute atomic E-state index is 0.0721. The van der Waals surface area contributed by atoms with Crippen LogP contribution in [0.15, 0.2) is 17.3 Å². The van der Waals surface area contributed by atoms with Crippen molar-refractivity contribution in [2.24, 2.45) is 0 Å². The number of ether oxygens (including phenoxy) is 1. The molecule has 0 saturated carbocycles. The third kappa shape index (κ3) is 4.38. The van der Waals surface area contributed by atoms with Crippen LogP contribution in [0.1, 0.15) is 27.2 Å². The van der Waals surface area contributed by atoms with Crippen LogP contribution in [0.2, 0.25) is 5.28 Å². The number of aromatic nitrogens is 2. The Kier molecular flexibility index (Phi) is 4.83. The molecular weight excluding hydrogens is 314 g/mol. The zero-order chi connectivity index (χ0) is 15.6. The fourth-order valence-electron chi connectivity index (χ4n) is 2.00. The van der Waals surface area contributed by atoms with Gasteiger partial charge < -0.3 is 9.64 Å². The summed E-state index contributed by atoms with van der Waals surface area (Å²) in [5, 5.41) is 0.303. The van der Waals surface area contributed by atoms with Crippen molar-refractivity contribution >= 4 is 28.5 Å². The largest absolute Gasteiger partial charge is 0.444 e. The topological polar surface area (TPSA) is 72.4 Å². The van der Waals surface area contributed by atoms with Crippen LogP contribution in [0.4, 0.5) is 4.79 Å². The maximum Gasteiger partial charge on any atom is 0.410 e. The zero-order valence-electron chi connectivity index (χ0n) is 12.2. The van der Waals surface area contributed by atoms with Crippen LogP contribution in [-0.4, -0.2) is 49.1 Å². The fourth-order valence-corrected chi connectivity index (χ4v) is 3.54. The summed E-state index contributed by atoms with van der Waals surface area (Å²) in [4.78, 5) is 21.3. The summed E-state index contributed by atoms with van der Waals surface area (Å²) in [5.74, 6) is 0. The first-order valence-corrected chi connectivity index (χ1v) is 8.22. The lowest BCUT2D eigenvalue weighted by atomic mass is 10.2. The van der Waals surface area contributed by atoms with Gasteiger partial charge in [0.25, 0.3) is 0 Å². The predicted octanol–water partition coefficient (Wildman–Crippen LogP) is 2.25. The highest BCUT2D eigenvalue weighted by atomic mass is 35.5. The normalized spacial score (nSPS) is 20.4. The lowest BCUT2D eigenvalue weighted by Gasteiger charge is -2.24. The Labute approximate surface area is 131 Å². The molecule has 6 nitrogen and oxygen atoms in total. The molecule has 0 N–H and O–H groups in total. The monoisotopic (exact) mass is 331 g/mol. The fraction of sp³-hybridized carbons (Fsp3) is 0.615. The lowest BCUT2D eigenvalue weighted by Crippen LogP contribution is -2.36. The van der Waals surface area contributed by atoms with E-state index in [1.807, 2.05) is 20.8 Å². The average molecular weight is 332 g/mol. The summed E-state index contributed by atoms with van der Waals surface area (Å²) in [7, 11) is -1.31. The van der Waals surface area contributed by atoms with Gasteiger partial charge in [-0.3, -0.25) is 4.21 Å². The molecule has 0 bridgehead atoms. The van der Waals surface area contributed by atoms with E-state index in [1.165, 1.54) is 6.20 Å². The molecule has 0 aliphatic carbocycles. The quantitative estimate of drug-likeness (QED) is 0.614. The molecule has 1 fully saturated rings.